The van der Waals surface area contributed by atoms with E-state index in [2.05, 4.69) is 0 Å². The van der Waals surface area contributed by atoms with Crippen molar-refractivity contribution in [3.05, 3.63) is 0 Å². The summed E-state index contributed by atoms with van der Waals surface area (Å²) in [6.07, 6.45) is -1.45. The van der Waals surface area contributed by atoms with Gasteiger partial charge in [0.05, 0.1) is 0 Å². The number of aliphatic hydroxyl groups excluding tert-OH is 1. The average Bonchev–Trinajstić information content (AvgIpc) is 1.87. The molecular formula is C5H6O4. The van der Waals surface area contributed by atoms with Crippen molar-refractivity contribution < 1.29 is 19.5 Å². The molecule has 4 nitrogen and oxygen atoms in total. The summed E-state index contributed by atoms with van der Waals surface area (Å²) >= 11 is 0. The van der Waals surface area contributed by atoms with Gasteiger partial charge in [0.15, 0.2) is 12.1 Å². The van der Waals surface area contributed by atoms with Gasteiger partial charge in [0.25, 0.3) is 0 Å². The summed E-state index contributed by atoms with van der Waals surface area (Å²) in [4.78, 5) is 29.3. The van der Waals surface area contributed by atoms with E-state index in [-0.39, 0.29) is 12.6 Å². The number of Topliss-reactive ketones (excluding diaryl/α,β-unsaturated/α-hetero) is 1. The number of hydrogen-bond donors (Lipinski definition) is 1. The Kier molecular flexibility index (Phi) is 3.46. The van der Waals surface area contributed by atoms with Gasteiger partial charge in [-0.25, -0.2) is 0 Å². The minimum absolute atomic E-state index is 0.0761. The highest BCUT2D eigenvalue weighted by atomic mass is 16.3. The van der Waals surface area contributed by atoms with E-state index in [0.29, 0.717) is 0 Å². The van der Waals surface area contributed by atoms with Crippen molar-refractivity contribution >= 4 is 18.4 Å². The second-order valence-electron chi connectivity index (χ2n) is 1.49. The number of rotatable bonds is 4. The fourth-order valence-electron chi connectivity index (χ4n) is 0.302. The molecule has 0 fully saturated rings. The monoisotopic (exact) mass is 130 g/mol. The molecule has 0 saturated carbocycles. The smallest absolute Gasteiger partial charge is 0.198 e. The third-order valence-electron chi connectivity index (χ3n) is 0.699. The lowest BCUT2D eigenvalue weighted by Crippen LogP contribution is -2.14. The molecule has 50 valence electrons. The Bertz CT molecular complexity index is 129. The average molecular weight is 130 g/mol. The molecule has 0 aliphatic heterocycles. The number of carbonyl (C=O) groups excluding carboxylic acids is 3. The molecule has 0 aliphatic rings. The molecule has 0 radical (unpaired) electrons. The minimum Gasteiger partial charge on any atom is -0.385 e. The maximum Gasteiger partial charge on any atom is 0.198 e. The van der Waals surface area contributed by atoms with Crippen molar-refractivity contribution in [1.82, 2.24) is 0 Å². The highest BCUT2D eigenvalue weighted by Gasteiger charge is 2.06. The van der Waals surface area contributed by atoms with Crippen molar-refractivity contribution in [1.29, 1.82) is 0 Å². The first-order valence-corrected chi connectivity index (χ1v) is 2.32. The van der Waals surface area contributed by atoms with Crippen LogP contribution in [0.1, 0.15) is 6.42 Å². The van der Waals surface area contributed by atoms with E-state index < -0.39 is 18.3 Å². The van der Waals surface area contributed by atoms with Crippen LogP contribution < -0.4 is 0 Å². The molecule has 0 aromatic carbocycles. The third kappa shape index (κ3) is 3.54. The first-order valence-electron chi connectivity index (χ1n) is 2.32. The molecule has 1 unspecified atom stereocenters. The van der Waals surface area contributed by atoms with E-state index in [4.69, 9.17) is 5.11 Å². The molecule has 0 aromatic rings. The van der Waals surface area contributed by atoms with Gasteiger partial charge < -0.3 is 9.90 Å². The van der Waals surface area contributed by atoms with Crippen LogP contribution in [0.4, 0.5) is 0 Å². The zero-order valence-electron chi connectivity index (χ0n) is 4.61. The largest absolute Gasteiger partial charge is 0.385 e. The Balaban J connectivity index is 3.58. The van der Waals surface area contributed by atoms with Crippen molar-refractivity contribution in [2.45, 2.75) is 12.5 Å². The molecule has 9 heavy (non-hydrogen) atoms. The minimum atomic E-state index is -1.33. The lowest BCUT2D eigenvalue weighted by Gasteiger charge is -1.93. The van der Waals surface area contributed by atoms with Crippen LogP contribution >= 0.6 is 0 Å². The summed E-state index contributed by atoms with van der Waals surface area (Å²) in [6.45, 7) is 0. The van der Waals surface area contributed by atoms with E-state index >= 15 is 0 Å². The van der Waals surface area contributed by atoms with Gasteiger partial charge in [-0.3, -0.25) is 9.59 Å². The summed E-state index contributed by atoms with van der Waals surface area (Å²) in [5, 5.41) is 8.41. The standard InChI is InChI=1S/C5H6O4/c6-2-4(8)1-5(9)3-7/h2-4,8H,1H2. The maximum atomic E-state index is 10.1. The lowest BCUT2D eigenvalue weighted by molar-refractivity contribution is -0.132. The first kappa shape index (κ1) is 7.97. The van der Waals surface area contributed by atoms with Gasteiger partial charge in [0.2, 0.25) is 0 Å². The number of ketones is 1. The van der Waals surface area contributed by atoms with Crippen LogP contribution in [-0.2, 0) is 14.4 Å². The molecule has 0 bridgehead atoms. The third-order valence-corrected chi connectivity index (χ3v) is 0.699. The summed E-state index contributed by atoms with van der Waals surface area (Å²) < 4.78 is 0. The van der Waals surface area contributed by atoms with Crippen LogP contribution in [0.5, 0.6) is 0 Å². The Labute approximate surface area is 51.5 Å². The maximum absolute atomic E-state index is 10.1. The Morgan fingerprint density at radius 2 is 2.11 bits per heavy atom. The van der Waals surface area contributed by atoms with Gasteiger partial charge in [-0.1, -0.05) is 0 Å². The van der Waals surface area contributed by atoms with Gasteiger partial charge >= 0.3 is 0 Å². The number of hydrogen-bond acceptors (Lipinski definition) is 4. The van der Waals surface area contributed by atoms with Gasteiger partial charge in [-0.2, -0.15) is 0 Å². The first-order chi connectivity index (χ1) is 4.20. The molecular weight excluding hydrogens is 124 g/mol. The molecule has 1 N–H and O–H groups in total. The van der Waals surface area contributed by atoms with Crippen LogP contribution in [0.15, 0.2) is 0 Å². The van der Waals surface area contributed by atoms with Gasteiger partial charge in [-0.05, 0) is 0 Å². The quantitative estimate of drug-likeness (QED) is 0.379. The molecule has 0 saturated heterocycles. The van der Waals surface area contributed by atoms with Gasteiger partial charge in [0, 0.05) is 6.42 Å². The Morgan fingerprint density at radius 1 is 1.56 bits per heavy atom. The van der Waals surface area contributed by atoms with Crippen LogP contribution in [0, 0.1) is 0 Å². The van der Waals surface area contributed by atoms with Crippen LogP contribution in [0.2, 0.25) is 0 Å². The van der Waals surface area contributed by atoms with Crippen LogP contribution in [-0.4, -0.2) is 29.6 Å². The molecule has 0 aliphatic carbocycles. The SMILES string of the molecule is O=CC(=O)CC(O)C=O. The number of carbonyl (C=O) groups is 3. The number of aliphatic hydroxyl groups is 1. The molecule has 0 rings (SSSR count). The predicted octanol–water partition coefficient (Wildman–Crippen LogP) is -1.30. The zero-order valence-corrected chi connectivity index (χ0v) is 4.61. The van der Waals surface area contributed by atoms with E-state index in [1.54, 1.807) is 0 Å². The van der Waals surface area contributed by atoms with Crippen LogP contribution in [0.25, 0.3) is 0 Å². The molecule has 0 heterocycles. The summed E-state index contributed by atoms with van der Waals surface area (Å²) in [6, 6.07) is 0. The van der Waals surface area contributed by atoms with Crippen molar-refractivity contribution in [3.63, 3.8) is 0 Å². The van der Waals surface area contributed by atoms with E-state index in [1.807, 2.05) is 0 Å². The fourth-order valence-corrected chi connectivity index (χ4v) is 0.302. The molecule has 0 spiro atoms. The van der Waals surface area contributed by atoms with Crippen molar-refractivity contribution in [3.8, 4) is 0 Å². The highest BCUT2D eigenvalue weighted by Crippen LogP contribution is 1.85. The summed E-state index contributed by atoms with van der Waals surface area (Å²) in [7, 11) is 0. The second kappa shape index (κ2) is 3.91. The van der Waals surface area contributed by atoms with Crippen LogP contribution in [0.3, 0.4) is 0 Å². The zero-order chi connectivity index (χ0) is 7.28. The molecule has 4 heteroatoms. The van der Waals surface area contributed by atoms with E-state index in [0.717, 1.165) is 0 Å². The van der Waals surface area contributed by atoms with Crippen molar-refractivity contribution in [2.24, 2.45) is 0 Å². The number of aldehydes is 2. The lowest BCUT2D eigenvalue weighted by atomic mass is 10.2. The topological polar surface area (TPSA) is 71.4 Å². The Hall–Kier alpha value is -1.03. The van der Waals surface area contributed by atoms with Gasteiger partial charge in [-0.15, -0.1) is 0 Å². The van der Waals surface area contributed by atoms with E-state index in [1.165, 1.54) is 0 Å². The summed E-state index contributed by atoms with van der Waals surface area (Å²) in [5.74, 6) is -0.769. The van der Waals surface area contributed by atoms with Crippen molar-refractivity contribution in [2.75, 3.05) is 0 Å². The van der Waals surface area contributed by atoms with Gasteiger partial charge in [0.1, 0.15) is 12.4 Å². The second-order valence-corrected chi connectivity index (χ2v) is 1.49. The molecule has 0 amide bonds. The normalized spacial score (nSPS) is 12.1. The molecule has 0 aromatic heterocycles. The highest BCUT2D eigenvalue weighted by molar-refractivity contribution is 6.25. The Morgan fingerprint density at radius 3 is 2.44 bits per heavy atom. The summed E-state index contributed by atoms with van der Waals surface area (Å²) in [5.41, 5.74) is 0. The van der Waals surface area contributed by atoms with E-state index in [9.17, 15) is 14.4 Å². The predicted molar refractivity (Wildman–Crippen MR) is 27.8 cm³/mol. The fraction of sp³-hybridized carbons (Fsp3) is 0.400. The molecule has 1 atom stereocenters.